The molecule has 1 aromatic rings. The summed E-state index contributed by atoms with van der Waals surface area (Å²) in [5, 5.41) is 2.46. The fraction of sp³-hybridized carbons (Fsp3) is 0.231. The average Bonchev–Trinajstić information content (AvgIpc) is 2.37. The van der Waals surface area contributed by atoms with Gasteiger partial charge >= 0.3 is 5.97 Å². The summed E-state index contributed by atoms with van der Waals surface area (Å²) in [5.74, 6) is 1.55. The molecule has 0 saturated heterocycles. The lowest BCUT2D eigenvalue weighted by atomic mass is 10.2. The first kappa shape index (κ1) is 12.8. The number of hydrogen-bond donors (Lipinski definition) is 1. The minimum Gasteiger partial charge on any atom is -0.463 e. The number of nitrogens with one attached hydrogen (secondary N) is 1. The lowest BCUT2D eigenvalue weighted by Crippen LogP contribution is -2.30. The van der Waals surface area contributed by atoms with Gasteiger partial charge in [-0.2, -0.15) is 0 Å². The van der Waals surface area contributed by atoms with E-state index in [9.17, 15) is 9.59 Å². The number of amides is 1. The smallest absolute Gasteiger partial charge is 0.325 e. The Balaban J connectivity index is 2.29. The first-order chi connectivity index (χ1) is 8.24. The molecule has 1 rings (SSSR count). The fourth-order valence-corrected chi connectivity index (χ4v) is 1.12. The largest absolute Gasteiger partial charge is 0.463 e. The van der Waals surface area contributed by atoms with Gasteiger partial charge in [-0.15, -0.1) is 12.3 Å². The number of benzene rings is 1. The van der Waals surface area contributed by atoms with Crippen LogP contribution in [-0.2, 0) is 9.53 Å². The lowest BCUT2D eigenvalue weighted by Gasteiger charge is -2.05. The summed E-state index contributed by atoms with van der Waals surface area (Å²) < 4.78 is 4.77. The number of terminal acetylenes is 1. The number of ether oxygens (including phenoxy) is 1. The van der Waals surface area contributed by atoms with Crippen LogP contribution in [0.3, 0.4) is 0 Å². The Bertz CT molecular complexity index is 420. The average molecular weight is 231 g/mol. The molecule has 1 aromatic carbocycles. The number of hydrogen-bond acceptors (Lipinski definition) is 3. The van der Waals surface area contributed by atoms with Crippen LogP contribution in [0.1, 0.15) is 16.8 Å². The van der Waals surface area contributed by atoms with Crippen molar-refractivity contribution in [3.05, 3.63) is 35.9 Å². The third kappa shape index (κ3) is 4.85. The highest BCUT2D eigenvalue weighted by atomic mass is 16.5. The second-order valence-electron chi connectivity index (χ2n) is 3.22. The van der Waals surface area contributed by atoms with Gasteiger partial charge in [0.2, 0.25) is 0 Å². The molecule has 4 nitrogen and oxygen atoms in total. The minimum atomic E-state index is -0.496. The van der Waals surface area contributed by atoms with Crippen LogP contribution in [-0.4, -0.2) is 25.0 Å². The lowest BCUT2D eigenvalue weighted by molar-refractivity contribution is -0.142. The van der Waals surface area contributed by atoms with Crippen molar-refractivity contribution in [3.63, 3.8) is 0 Å². The summed E-state index contributed by atoms with van der Waals surface area (Å²) in [6.45, 7) is 0.0227. The zero-order valence-corrected chi connectivity index (χ0v) is 9.31. The molecule has 0 aliphatic rings. The maximum Gasteiger partial charge on any atom is 0.325 e. The topological polar surface area (TPSA) is 55.4 Å². The summed E-state index contributed by atoms with van der Waals surface area (Å²) in [4.78, 5) is 22.7. The predicted octanol–water partition coefficient (Wildman–Crippen LogP) is 0.983. The van der Waals surface area contributed by atoms with Gasteiger partial charge in [0.25, 0.3) is 5.91 Å². The van der Waals surface area contributed by atoms with Gasteiger partial charge in [-0.25, -0.2) is 0 Å². The van der Waals surface area contributed by atoms with Crippen molar-refractivity contribution in [1.29, 1.82) is 0 Å². The van der Waals surface area contributed by atoms with E-state index in [-0.39, 0.29) is 19.1 Å². The summed E-state index contributed by atoms with van der Waals surface area (Å²) in [7, 11) is 0. The third-order valence-corrected chi connectivity index (χ3v) is 1.94. The molecule has 17 heavy (non-hydrogen) atoms. The number of carbonyl (C=O) groups is 2. The van der Waals surface area contributed by atoms with Crippen LogP contribution in [0, 0.1) is 12.3 Å². The maximum atomic E-state index is 11.5. The predicted molar refractivity (Wildman–Crippen MR) is 63.2 cm³/mol. The summed E-state index contributed by atoms with van der Waals surface area (Å²) in [6.07, 6.45) is 5.38. The van der Waals surface area contributed by atoms with Crippen LogP contribution >= 0.6 is 0 Å². The van der Waals surface area contributed by atoms with Crippen LogP contribution in [0.15, 0.2) is 30.3 Å². The van der Waals surface area contributed by atoms with Gasteiger partial charge in [-0.05, 0) is 12.1 Å². The van der Waals surface area contributed by atoms with Crippen LogP contribution in [0.2, 0.25) is 0 Å². The van der Waals surface area contributed by atoms with E-state index >= 15 is 0 Å². The normalized spacial score (nSPS) is 9.12. The van der Waals surface area contributed by atoms with Gasteiger partial charge < -0.3 is 10.1 Å². The first-order valence-electron chi connectivity index (χ1n) is 5.16. The molecular formula is C13H13NO3. The molecule has 0 aromatic heterocycles. The molecular weight excluding hydrogens is 218 g/mol. The minimum absolute atomic E-state index is 0.154. The molecule has 0 unspecified atom stereocenters. The van der Waals surface area contributed by atoms with Crippen LogP contribution in [0.25, 0.3) is 0 Å². The van der Waals surface area contributed by atoms with Crippen LogP contribution < -0.4 is 5.32 Å². The van der Waals surface area contributed by atoms with Crippen LogP contribution in [0.4, 0.5) is 0 Å². The Kier molecular flexibility index (Phi) is 5.32. The number of esters is 1. The molecule has 1 amide bonds. The highest BCUT2D eigenvalue weighted by Gasteiger charge is 2.07. The molecule has 0 radical (unpaired) electrons. The maximum absolute atomic E-state index is 11.5. The van der Waals surface area contributed by atoms with E-state index in [2.05, 4.69) is 11.2 Å². The van der Waals surface area contributed by atoms with E-state index in [1.54, 1.807) is 24.3 Å². The molecule has 0 atom stereocenters. The second kappa shape index (κ2) is 7.07. The molecule has 0 saturated carbocycles. The number of rotatable bonds is 5. The van der Waals surface area contributed by atoms with E-state index < -0.39 is 5.97 Å². The highest BCUT2D eigenvalue weighted by Crippen LogP contribution is 1.97. The van der Waals surface area contributed by atoms with Crippen molar-refractivity contribution < 1.29 is 14.3 Å². The summed E-state index contributed by atoms with van der Waals surface area (Å²) >= 11 is 0. The van der Waals surface area contributed by atoms with Crippen molar-refractivity contribution in [1.82, 2.24) is 5.32 Å². The van der Waals surface area contributed by atoms with Gasteiger partial charge in [0, 0.05) is 12.0 Å². The quantitative estimate of drug-likeness (QED) is 0.467. The highest BCUT2D eigenvalue weighted by molar-refractivity contribution is 5.95. The van der Waals surface area contributed by atoms with E-state index in [0.717, 1.165) is 0 Å². The Hall–Kier alpha value is -2.28. The molecule has 1 N–H and O–H groups in total. The SMILES string of the molecule is C#CCCOC(=O)CNC(=O)c1ccccc1. The van der Waals surface area contributed by atoms with Crippen molar-refractivity contribution in [2.75, 3.05) is 13.2 Å². The van der Waals surface area contributed by atoms with Gasteiger partial charge in [0.05, 0.1) is 0 Å². The van der Waals surface area contributed by atoms with Gasteiger partial charge in [0.1, 0.15) is 13.2 Å². The Labute approximate surface area is 100.0 Å². The molecule has 4 heteroatoms. The molecule has 0 bridgehead atoms. The Morgan fingerprint density at radius 3 is 2.65 bits per heavy atom. The monoisotopic (exact) mass is 231 g/mol. The van der Waals surface area contributed by atoms with E-state index in [0.29, 0.717) is 12.0 Å². The van der Waals surface area contributed by atoms with E-state index in [4.69, 9.17) is 11.2 Å². The summed E-state index contributed by atoms with van der Waals surface area (Å²) in [5.41, 5.74) is 0.504. The second-order valence-corrected chi connectivity index (χ2v) is 3.22. The van der Waals surface area contributed by atoms with E-state index in [1.165, 1.54) is 0 Å². The Morgan fingerprint density at radius 2 is 2.00 bits per heavy atom. The Morgan fingerprint density at radius 1 is 1.29 bits per heavy atom. The molecule has 0 aliphatic heterocycles. The molecule has 0 heterocycles. The number of carbonyl (C=O) groups excluding carboxylic acids is 2. The molecule has 0 fully saturated rings. The molecule has 0 spiro atoms. The molecule has 0 aliphatic carbocycles. The van der Waals surface area contributed by atoms with Crippen LogP contribution in [0.5, 0.6) is 0 Å². The van der Waals surface area contributed by atoms with Crippen molar-refractivity contribution in [3.8, 4) is 12.3 Å². The zero-order chi connectivity index (χ0) is 12.5. The first-order valence-corrected chi connectivity index (χ1v) is 5.16. The van der Waals surface area contributed by atoms with Gasteiger partial charge in [0.15, 0.2) is 0 Å². The standard InChI is InChI=1S/C13H13NO3/c1-2-3-9-17-12(15)10-14-13(16)11-7-5-4-6-8-11/h1,4-8H,3,9-10H2,(H,14,16). The summed E-state index contributed by atoms with van der Waals surface area (Å²) in [6, 6.07) is 8.64. The van der Waals surface area contributed by atoms with Crippen molar-refractivity contribution in [2.45, 2.75) is 6.42 Å². The van der Waals surface area contributed by atoms with E-state index in [1.807, 2.05) is 6.07 Å². The van der Waals surface area contributed by atoms with Crippen molar-refractivity contribution >= 4 is 11.9 Å². The zero-order valence-electron chi connectivity index (χ0n) is 9.31. The molecule has 88 valence electrons. The van der Waals surface area contributed by atoms with Gasteiger partial charge in [-0.1, -0.05) is 18.2 Å². The van der Waals surface area contributed by atoms with Crippen molar-refractivity contribution in [2.24, 2.45) is 0 Å². The van der Waals surface area contributed by atoms with Gasteiger partial charge in [-0.3, -0.25) is 9.59 Å². The fourth-order valence-electron chi connectivity index (χ4n) is 1.12. The third-order valence-electron chi connectivity index (χ3n) is 1.94.